The molecule has 7 nitrogen and oxygen atoms in total. The molecule has 1 aromatic heterocycles. The predicted octanol–water partition coefficient (Wildman–Crippen LogP) is 4.68. The molecule has 4 rings (SSSR count). The van der Waals surface area contributed by atoms with E-state index in [1.807, 2.05) is 30.3 Å². The molecule has 170 valence electrons. The summed E-state index contributed by atoms with van der Waals surface area (Å²) in [5.74, 6) is -0.721. The van der Waals surface area contributed by atoms with E-state index in [0.717, 1.165) is 25.7 Å². The van der Waals surface area contributed by atoms with Crippen molar-refractivity contribution in [2.24, 2.45) is 0 Å². The number of amides is 3. The maximum Gasteiger partial charge on any atom is 0.294 e. The van der Waals surface area contributed by atoms with Gasteiger partial charge in [-0.3, -0.25) is 19.3 Å². The van der Waals surface area contributed by atoms with Gasteiger partial charge in [0.05, 0.1) is 6.26 Å². The number of hydrogen-bond donors (Lipinski definition) is 2. The Hall–Kier alpha value is -3.87. The van der Waals surface area contributed by atoms with Gasteiger partial charge in [-0.05, 0) is 54.8 Å². The zero-order chi connectivity index (χ0) is 23.2. The first-order valence-corrected chi connectivity index (χ1v) is 11.1. The summed E-state index contributed by atoms with van der Waals surface area (Å²) in [6, 6.07) is 18.5. The van der Waals surface area contributed by atoms with Gasteiger partial charge in [-0.2, -0.15) is 0 Å². The zero-order valence-corrected chi connectivity index (χ0v) is 18.5. The summed E-state index contributed by atoms with van der Waals surface area (Å²) in [4.78, 5) is 40.1. The monoisotopic (exact) mass is 445 g/mol. The molecule has 1 aliphatic carbocycles. The summed E-state index contributed by atoms with van der Waals surface area (Å²) in [5, 5.41) is 5.86. The number of nitrogens with one attached hydrogen (secondary N) is 2. The molecular weight excluding hydrogens is 418 g/mol. The molecule has 0 saturated heterocycles. The third-order valence-corrected chi connectivity index (χ3v) is 5.74. The van der Waals surface area contributed by atoms with Gasteiger partial charge in [-0.15, -0.1) is 0 Å². The predicted molar refractivity (Wildman–Crippen MR) is 126 cm³/mol. The molecule has 2 N–H and O–H groups in total. The van der Waals surface area contributed by atoms with Gasteiger partial charge in [0.2, 0.25) is 11.8 Å². The Labute approximate surface area is 192 Å². The molecule has 2 aromatic carbocycles. The van der Waals surface area contributed by atoms with Crippen LogP contribution in [0.25, 0.3) is 0 Å². The molecule has 1 aliphatic rings. The van der Waals surface area contributed by atoms with Crippen molar-refractivity contribution in [2.75, 3.05) is 10.2 Å². The molecule has 0 spiro atoms. The second-order valence-corrected chi connectivity index (χ2v) is 8.18. The molecule has 7 heteroatoms. The smallest absolute Gasteiger partial charge is 0.294 e. The van der Waals surface area contributed by atoms with Gasteiger partial charge in [0.15, 0.2) is 5.76 Å². The number of carbonyl (C=O) groups excluding carboxylic acids is 3. The highest BCUT2D eigenvalue weighted by molar-refractivity contribution is 6.08. The average Bonchev–Trinajstić information content (AvgIpc) is 3.52. The van der Waals surface area contributed by atoms with Crippen LogP contribution in [0.15, 0.2) is 77.4 Å². The van der Waals surface area contributed by atoms with Crippen molar-refractivity contribution < 1.29 is 18.8 Å². The van der Waals surface area contributed by atoms with E-state index in [1.165, 1.54) is 18.1 Å². The molecule has 0 radical (unpaired) electrons. The van der Waals surface area contributed by atoms with Crippen molar-refractivity contribution in [3.05, 3.63) is 84.3 Å². The molecule has 0 bridgehead atoms. The molecule has 1 atom stereocenters. The van der Waals surface area contributed by atoms with Gasteiger partial charge in [-0.1, -0.05) is 43.2 Å². The molecule has 3 aromatic rings. The highest BCUT2D eigenvalue weighted by Crippen LogP contribution is 2.31. The van der Waals surface area contributed by atoms with Crippen LogP contribution in [0.1, 0.15) is 54.8 Å². The summed E-state index contributed by atoms with van der Waals surface area (Å²) < 4.78 is 5.39. The largest absolute Gasteiger partial charge is 0.459 e. The summed E-state index contributed by atoms with van der Waals surface area (Å²) in [7, 11) is 0. The quantitative estimate of drug-likeness (QED) is 0.552. The minimum Gasteiger partial charge on any atom is -0.459 e. The second-order valence-electron chi connectivity index (χ2n) is 8.18. The molecule has 0 unspecified atom stereocenters. The standard InChI is InChI=1S/C26H27N3O4/c1-18(30)27-21-13-15-22(16-14-21)29(26(32)23-12-7-17-33-23)24(19-8-3-2-4-9-19)25(31)28-20-10-5-6-11-20/h2-4,7-9,12-17,20,24H,5-6,10-11H2,1H3,(H,27,30)(H,28,31)/t24-/m0/s1. The van der Waals surface area contributed by atoms with Gasteiger partial charge < -0.3 is 15.1 Å². The number of nitrogens with zero attached hydrogens (tertiary/aromatic N) is 1. The lowest BCUT2D eigenvalue weighted by atomic mass is 10.0. The van der Waals surface area contributed by atoms with E-state index < -0.39 is 11.9 Å². The van der Waals surface area contributed by atoms with E-state index in [1.54, 1.807) is 36.4 Å². The van der Waals surface area contributed by atoms with Gasteiger partial charge in [0.25, 0.3) is 5.91 Å². The van der Waals surface area contributed by atoms with Crippen molar-refractivity contribution in [2.45, 2.75) is 44.7 Å². The fourth-order valence-corrected chi connectivity index (χ4v) is 4.21. The fraction of sp³-hybridized carbons (Fsp3) is 0.269. The maximum absolute atomic E-state index is 13.6. The van der Waals surface area contributed by atoms with Crippen LogP contribution < -0.4 is 15.5 Å². The van der Waals surface area contributed by atoms with Gasteiger partial charge in [-0.25, -0.2) is 0 Å². The summed E-state index contributed by atoms with van der Waals surface area (Å²) in [5.41, 5.74) is 1.81. The number of hydrogen-bond acceptors (Lipinski definition) is 4. The Morgan fingerprint density at radius 1 is 0.939 bits per heavy atom. The van der Waals surface area contributed by atoms with Crippen molar-refractivity contribution in [1.82, 2.24) is 5.32 Å². The third kappa shape index (κ3) is 5.31. The number of carbonyl (C=O) groups is 3. The maximum atomic E-state index is 13.6. The number of furan rings is 1. The van der Waals surface area contributed by atoms with Crippen LogP contribution in [0.3, 0.4) is 0 Å². The highest BCUT2D eigenvalue weighted by atomic mass is 16.3. The Kier molecular flexibility index (Phi) is 6.88. The molecular formula is C26H27N3O4. The van der Waals surface area contributed by atoms with E-state index >= 15 is 0 Å². The first-order chi connectivity index (χ1) is 16.0. The van der Waals surface area contributed by atoms with E-state index in [-0.39, 0.29) is 23.6 Å². The Morgan fingerprint density at radius 2 is 1.64 bits per heavy atom. The minimum absolute atomic E-state index is 0.103. The van der Waals surface area contributed by atoms with Gasteiger partial charge >= 0.3 is 0 Å². The van der Waals surface area contributed by atoms with Gasteiger partial charge in [0.1, 0.15) is 6.04 Å². The zero-order valence-electron chi connectivity index (χ0n) is 18.5. The van der Waals surface area contributed by atoms with Crippen LogP contribution in [0, 0.1) is 0 Å². The third-order valence-electron chi connectivity index (χ3n) is 5.74. The van der Waals surface area contributed by atoms with Crippen LogP contribution in [-0.2, 0) is 9.59 Å². The van der Waals surface area contributed by atoms with Crippen LogP contribution in [-0.4, -0.2) is 23.8 Å². The topological polar surface area (TPSA) is 91.7 Å². The van der Waals surface area contributed by atoms with E-state index in [4.69, 9.17) is 4.42 Å². The van der Waals surface area contributed by atoms with Crippen LogP contribution in [0.4, 0.5) is 11.4 Å². The van der Waals surface area contributed by atoms with Crippen LogP contribution in [0.5, 0.6) is 0 Å². The lowest BCUT2D eigenvalue weighted by Gasteiger charge is -2.32. The molecule has 33 heavy (non-hydrogen) atoms. The highest BCUT2D eigenvalue weighted by Gasteiger charge is 2.35. The average molecular weight is 446 g/mol. The van der Waals surface area contributed by atoms with Crippen molar-refractivity contribution in [1.29, 1.82) is 0 Å². The van der Waals surface area contributed by atoms with Crippen molar-refractivity contribution >= 4 is 29.1 Å². The summed E-state index contributed by atoms with van der Waals surface area (Å²) in [6.45, 7) is 1.43. The van der Waals surface area contributed by atoms with E-state index in [2.05, 4.69) is 10.6 Å². The lowest BCUT2D eigenvalue weighted by molar-refractivity contribution is -0.123. The fourth-order valence-electron chi connectivity index (χ4n) is 4.21. The Bertz CT molecular complexity index is 1090. The lowest BCUT2D eigenvalue weighted by Crippen LogP contribution is -2.46. The van der Waals surface area contributed by atoms with E-state index in [0.29, 0.717) is 16.9 Å². The summed E-state index contributed by atoms with van der Waals surface area (Å²) >= 11 is 0. The minimum atomic E-state index is -0.893. The molecule has 1 saturated carbocycles. The first kappa shape index (κ1) is 22.3. The Morgan fingerprint density at radius 3 is 2.24 bits per heavy atom. The second kappa shape index (κ2) is 10.2. The number of benzene rings is 2. The molecule has 1 fully saturated rings. The molecule has 3 amide bonds. The number of anilines is 2. The van der Waals surface area contributed by atoms with Crippen molar-refractivity contribution in [3.63, 3.8) is 0 Å². The first-order valence-electron chi connectivity index (χ1n) is 11.1. The number of rotatable bonds is 7. The summed E-state index contributed by atoms with van der Waals surface area (Å²) in [6.07, 6.45) is 5.47. The van der Waals surface area contributed by atoms with Crippen molar-refractivity contribution in [3.8, 4) is 0 Å². The van der Waals surface area contributed by atoms with Gasteiger partial charge in [0, 0.05) is 24.3 Å². The van der Waals surface area contributed by atoms with Crippen LogP contribution >= 0.6 is 0 Å². The van der Waals surface area contributed by atoms with Crippen LogP contribution in [0.2, 0.25) is 0 Å². The molecule has 1 heterocycles. The SMILES string of the molecule is CC(=O)Nc1ccc(N(C(=O)c2ccco2)[C@H](C(=O)NC2CCCC2)c2ccccc2)cc1. The Balaban J connectivity index is 1.76. The van der Waals surface area contributed by atoms with E-state index in [9.17, 15) is 14.4 Å². The normalized spacial score (nSPS) is 14.5. The molecule has 0 aliphatic heterocycles.